The minimum Gasteiger partial charge on any atom is -0.454 e. The molecule has 0 aromatic heterocycles. The third kappa shape index (κ3) is 4.24. The number of ketones is 1. The zero-order chi connectivity index (χ0) is 18.6. The van der Waals surface area contributed by atoms with Crippen molar-refractivity contribution in [3.05, 3.63) is 87.5 Å². The number of benzene rings is 3. The van der Waals surface area contributed by atoms with Gasteiger partial charge in [-0.1, -0.05) is 30.3 Å². The van der Waals surface area contributed by atoms with Crippen molar-refractivity contribution in [1.29, 1.82) is 0 Å². The van der Waals surface area contributed by atoms with E-state index in [9.17, 15) is 4.79 Å². The Hall–Kier alpha value is -2.54. The van der Waals surface area contributed by atoms with Gasteiger partial charge in [0.2, 0.25) is 6.79 Å². The maximum absolute atomic E-state index is 12.9. The second-order valence-electron chi connectivity index (χ2n) is 6.31. The molecule has 1 aliphatic heterocycles. The largest absolute Gasteiger partial charge is 0.454 e. The van der Waals surface area contributed by atoms with Crippen LogP contribution in [0, 0.1) is 3.57 Å². The third-order valence-electron chi connectivity index (χ3n) is 4.47. The number of carbonyl (C=O) groups excluding carboxylic acids is 1. The normalized spacial score (nSPS) is 13.2. The van der Waals surface area contributed by atoms with Crippen molar-refractivity contribution < 1.29 is 14.3 Å². The molecule has 1 heterocycles. The Kier molecular flexibility index (Phi) is 5.29. The maximum Gasteiger partial charge on any atom is 0.231 e. The highest BCUT2D eigenvalue weighted by molar-refractivity contribution is 14.1. The highest BCUT2D eigenvalue weighted by Gasteiger charge is 2.20. The molecule has 3 aromatic carbocycles. The number of nitrogens with one attached hydrogen (secondary N) is 1. The highest BCUT2D eigenvalue weighted by atomic mass is 127. The zero-order valence-corrected chi connectivity index (χ0v) is 16.7. The van der Waals surface area contributed by atoms with Crippen LogP contribution in [0.5, 0.6) is 11.5 Å². The van der Waals surface area contributed by atoms with Crippen molar-refractivity contribution >= 4 is 34.1 Å². The maximum atomic E-state index is 12.9. The molecule has 4 nitrogen and oxygen atoms in total. The van der Waals surface area contributed by atoms with E-state index in [1.54, 1.807) is 18.2 Å². The molecule has 1 N–H and O–H groups in total. The Bertz CT molecular complexity index is 942. The lowest BCUT2D eigenvalue weighted by atomic mass is 9.97. The second kappa shape index (κ2) is 8.00. The Morgan fingerprint density at radius 1 is 0.963 bits per heavy atom. The van der Waals surface area contributed by atoms with Crippen LogP contribution in [0.4, 0.5) is 5.69 Å². The van der Waals surface area contributed by atoms with E-state index in [1.165, 1.54) is 3.57 Å². The van der Waals surface area contributed by atoms with Crippen molar-refractivity contribution in [2.75, 3.05) is 12.1 Å². The molecule has 27 heavy (non-hydrogen) atoms. The Morgan fingerprint density at radius 2 is 1.70 bits per heavy atom. The minimum absolute atomic E-state index is 0.0557. The topological polar surface area (TPSA) is 47.6 Å². The smallest absolute Gasteiger partial charge is 0.231 e. The molecule has 0 aliphatic carbocycles. The van der Waals surface area contributed by atoms with Crippen LogP contribution >= 0.6 is 22.6 Å². The fourth-order valence-electron chi connectivity index (χ4n) is 3.06. The summed E-state index contributed by atoms with van der Waals surface area (Å²) in [5.74, 6) is 1.37. The number of anilines is 1. The van der Waals surface area contributed by atoms with E-state index >= 15 is 0 Å². The number of Topliss-reactive ketones (excluding diaryl/α,β-unsaturated/α-hetero) is 1. The average Bonchev–Trinajstić information content (AvgIpc) is 3.17. The SMILES string of the molecule is O=C(C[C@H](Nc1ccc(I)cc1)c1ccccc1)c1ccc2c(c1)OCO2. The summed E-state index contributed by atoms with van der Waals surface area (Å²) in [5, 5.41) is 3.50. The molecule has 1 aliphatic rings. The first-order valence-corrected chi connectivity index (χ1v) is 9.77. The summed E-state index contributed by atoms with van der Waals surface area (Å²) in [7, 11) is 0. The van der Waals surface area contributed by atoms with Gasteiger partial charge in [-0.05, 0) is 70.6 Å². The van der Waals surface area contributed by atoms with Crippen LogP contribution in [-0.2, 0) is 0 Å². The molecule has 0 fully saturated rings. The molecular formula is C22H18INO3. The predicted octanol–water partition coefficient (Wildman–Crippen LogP) is 5.45. The lowest BCUT2D eigenvalue weighted by Gasteiger charge is -2.20. The predicted molar refractivity (Wildman–Crippen MR) is 113 cm³/mol. The Morgan fingerprint density at radius 3 is 2.48 bits per heavy atom. The van der Waals surface area contributed by atoms with E-state index in [-0.39, 0.29) is 18.6 Å². The van der Waals surface area contributed by atoms with Crippen LogP contribution < -0.4 is 14.8 Å². The molecule has 1 atom stereocenters. The Balaban J connectivity index is 1.57. The summed E-state index contributed by atoms with van der Waals surface area (Å²) in [5.41, 5.74) is 2.69. The van der Waals surface area contributed by atoms with Gasteiger partial charge in [0.25, 0.3) is 0 Å². The first-order chi connectivity index (χ1) is 13.2. The lowest BCUT2D eigenvalue weighted by molar-refractivity contribution is 0.0976. The van der Waals surface area contributed by atoms with Gasteiger partial charge in [0.1, 0.15) is 0 Å². The first kappa shape index (κ1) is 17.9. The standard InChI is InChI=1S/C22H18INO3/c23-17-7-9-18(10-8-17)24-19(15-4-2-1-3-5-15)13-20(25)16-6-11-21-22(12-16)27-14-26-21/h1-12,19,24H,13-14H2/t19-/m0/s1. The fraction of sp³-hybridized carbons (Fsp3) is 0.136. The number of hydrogen-bond acceptors (Lipinski definition) is 4. The van der Waals surface area contributed by atoms with Gasteiger partial charge in [-0.2, -0.15) is 0 Å². The summed E-state index contributed by atoms with van der Waals surface area (Å²) in [6.45, 7) is 0.202. The van der Waals surface area contributed by atoms with Crippen LogP contribution in [0.15, 0.2) is 72.8 Å². The van der Waals surface area contributed by atoms with E-state index in [2.05, 4.69) is 27.9 Å². The number of carbonyl (C=O) groups is 1. The first-order valence-electron chi connectivity index (χ1n) is 8.69. The molecular weight excluding hydrogens is 453 g/mol. The van der Waals surface area contributed by atoms with E-state index in [0.717, 1.165) is 11.3 Å². The summed E-state index contributed by atoms with van der Waals surface area (Å²) in [4.78, 5) is 12.9. The van der Waals surface area contributed by atoms with Crippen LogP contribution in [0.2, 0.25) is 0 Å². The molecule has 136 valence electrons. The molecule has 0 radical (unpaired) electrons. The molecule has 0 saturated carbocycles. The van der Waals surface area contributed by atoms with Crippen molar-refractivity contribution in [3.63, 3.8) is 0 Å². The van der Waals surface area contributed by atoms with Gasteiger partial charge >= 0.3 is 0 Å². The number of ether oxygens (including phenoxy) is 2. The zero-order valence-electron chi connectivity index (χ0n) is 14.5. The van der Waals surface area contributed by atoms with Gasteiger partial charge in [-0.15, -0.1) is 0 Å². The number of halogens is 1. The summed E-state index contributed by atoms with van der Waals surface area (Å²) in [6, 6.07) is 23.4. The van der Waals surface area contributed by atoms with Gasteiger partial charge in [0.15, 0.2) is 17.3 Å². The molecule has 0 amide bonds. The number of hydrogen-bond donors (Lipinski definition) is 1. The fourth-order valence-corrected chi connectivity index (χ4v) is 3.42. The van der Waals surface area contributed by atoms with E-state index < -0.39 is 0 Å². The number of fused-ring (bicyclic) bond motifs is 1. The van der Waals surface area contributed by atoms with Crippen LogP contribution in [0.1, 0.15) is 28.4 Å². The quantitative estimate of drug-likeness (QED) is 0.384. The Labute approximate surface area is 171 Å². The molecule has 4 rings (SSSR count). The van der Waals surface area contributed by atoms with Crippen molar-refractivity contribution in [1.82, 2.24) is 0 Å². The third-order valence-corrected chi connectivity index (χ3v) is 5.19. The summed E-state index contributed by atoms with van der Waals surface area (Å²) >= 11 is 2.28. The highest BCUT2D eigenvalue weighted by Crippen LogP contribution is 2.33. The number of rotatable bonds is 6. The van der Waals surface area contributed by atoms with Gasteiger partial charge in [-0.3, -0.25) is 4.79 Å². The molecule has 0 bridgehead atoms. The molecule has 5 heteroatoms. The molecule has 0 saturated heterocycles. The van der Waals surface area contributed by atoms with E-state index in [1.807, 2.05) is 54.6 Å². The summed E-state index contributed by atoms with van der Waals surface area (Å²) < 4.78 is 11.9. The van der Waals surface area contributed by atoms with Crippen molar-refractivity contribution in [3.8, 4) is 11.5 Å². The van der Waals surface area contributed by atoms with Gasteiger partial charge in [0, 0.05) is 21.2 Å². The minimum atomic E-state index is -0.121. The lowest BCUT2D eigenvalue weighted by Crippen LogP contribution is -2.15. The van der Waals surface area contributed by atoms with Crippen LogP contribution in [-0.4, -0.2) is 12.6 Å². The van der Waals surface area contributed by atoms with Gasteiger partial charge in [0.05, 0.1) is 6.04 Å². The van der Waals surface area contributed by atoms with Crippen molar-refractivity contribution in [2.45, 2.75) is 12.5 Å². The van der Waals surface area contributed by atoms with Crippen LogP contribution in [0.25, 0.3) is 0 Å². The monoisotopic (exact) mass is 471 g/mol. The van der Waals surface area contributed by atoms with E-state index in [0.29, 0.717) is 23.5 Å². The molecule has 0 spiro atoms. The summed E-state index contributed by atoms with van der Waals surface area (Å²) in [6.07, 6.45) is 0.343. The molecule has 3 aromatic rings. The average molecular weight is 471 g/mol. The van der Waals surface area contributed by atoms with Gasteiger partial charge < -0.3 is 14.8 Å². The van der Waals surface area contributed by atoms with Crippen molar-refractivity contribution in [2.24, 2.45) is 0 Å². The second-order valence-corrected chi connectivity index (χ2v) is 7.56. The van der Waals surface area contributed by atoms with Crippen LogP contribution in [0.3, 0.4) is 0 Å². The van der Waals surface area contributed by atoms with Gasteiger partial charge in [-0.25, -0.2) is 0 Å². The van der Waals surface area contributed by atoms with E-state index in [4.69, 9.17) is 9.47 Å². The molecule has 0 unspecified atom stereocenters.